The summed E-state index contributed by atoms with van der Waals surface area (Å²) < 4.78 is 62.0. The van der Waals surface area contributed by atoms with Gasteiger partial charge in [0, 0.05) is 54.8 Å². The first-order valence-electron chi connectivity index (χ1n) is 13.5. The minimum atomic E-state index is -3.80. The fourth-order valence-corrected chi connectivity index (χ4v) is 5.91. The number of carbonyl (C=O) groups is 1. The van der Waals surface area contributed by atoms with E-state index in [1.54, 1.807) is 30.3 Å². The van der Waals surface area contributed by atoms with Crippen molar-refractivity contribution in [2.75, 3.05) is 24.7 Å². The molecule has 0 spiro atoms. The highest BCUT2D eigenvalue weighted by molar-refractivity contribution is 7.92. The molecule has 12 heteroatoms. The molecular weight excluding hydrogens is 590 g/mol. The molecule has 1 aliphatic rings. The quantitative estimate of drug-likeness (QED) is 0.288. The molecule has 5 aromatic rings. The number of aromatic nitrogens is 2. The lowest BCUT2D eigenvalue weighted by Crippen LogP contribution is -2.26. The Morgan fingerprint density at radius 1 is 1.07 bits per heavy atom. The maximum Gasteiger partial charge on any atom is 0.274 e. The van der Waals surface area contributed by atoms with Crippen LogP contribution >= 0.6 is 0 Å². The van der Waals surface area contributed by atoms with Crippen molar-refractivity contribution in [3.05, 3.63) is 105 Å². The van der Waals surface area contributed by atoms with Crippen LogP contribution in [0.4, 0.5) is 14.5 Å². The van der Waals surface area contributed by atoms with Crippen molar-refractivity contribution in [2.24, 2.45) is 7.05 Å². The molecule has 1 aliphatic carbocycles. The van der Waals surface area contributed by atoms with Gasteiger partial charge in [0.25, 0.3) is 11.5 Å². The van der Waals surface area contributed by atoms with Crippen LogP contribution in [0.2, 0.25) is 0 Å². The molecule has 0 unspecified atom stereocenters. The minimum absolute atomic E-state index is 0.151. The maximum atomic E-state index is 14.5. The molecule has 44 heavy (non-hydrogen) atoms. The largest absolute Gasteiger partial charge is 0.455 e. The van der Waals surface area contributed by atoms with Crippen molar-refractivity contribution in [3.63, 3.8) is 0 Å². The van der Waals surface area contributed by atoms with Crippen molar-refractivity contribution >= 4 is 44.2 Å². The average molecular weight is 617 g/mol. The molecule has 0 bridgehead atoms. The van der Waals surface area contributed by atoms with E-state index in [-0.39, 0.29) is 33.9 Å². The lowest BCUT2D eigenvalue weighted by Gasteiger charge is -2.21. The zero-order chi connectivity index (χ0) is 31.5. The van der Waals surface area contributed by atoms with Crippen molar-refractivity contribution in [2.45, 2.75) is 6.42 Å². The molecule has 1 amide bonds. The molecule has 3 aromatic carbocycles. The van der Waals surface area contributed by atoms with Gasteiger partial charge in [0.1, 0.15) is 23.0 Å². The Labute approximate surface area is 251 Å². The fourth-order valence-electron chi connectivity index (χ4n) is 5.40. The number of allylic oxidation sites excluding steroid dienone is 1. The van der Waals surface area contributed by atoms with Crippen LogP contribution < -0.4 is 15.2 Å². The molecule has 0 radical (unpaired) electrons. The number of aryl methyl sites for hydroxylation is 1. The number of halogens is 2. The predicted octanol–water partition coefficient (Wildman–Crippen LogP) is 4.99. The van der Waals surface area contributed by atoms with Crippen LogP contribution in [0.25, 0.3) is 45.2 Å². The molecule has 9 nitrogen and oxygen atoms in total. The number of amides is 1. The topological polar surface area (TPSA) is 115 Å². The standard InChI is InChI=1S/C32H26F2N4O5S/c1-35-31(39)29-24-14-23(26-15-22(32(40)37(2)36-26)19-12-18-6-5-7-25(34)21(18)13-19)27(38(3)44(4,41)42)16-28(24)43-30(29)17-8-10-20(33)11-9-17/h5-11,13-16H,12H2,1-4H3,(H,35,39). The first-order valence-corrected chi connectivity index (χ1v) is 15.3. The minimum Gasteiger partial charge on any atom is -0.455 e. The van der Waals surface area contributed by atoms with Gasteiger partial charge >= 0.3 is 0 Å². The van der Waals surface area contributed by atoms with E-state index < -0.39 is 33.1 Å². The van der Waals surface area contributed by atoms with Crippen LogP contribution in [-0.2, 0) is 23.5 Å². The van der Waals surface area contributed by atoms with Gasteiger partial charge < -0.3 is 9.73 Å². The summed E-state index contributed by atoms with van der Waals surface area (Å²) in [6, 6.07) is 14.8. The van der Waals surface area contributed by atoms with Crippen molar-refractivity contribution < 1.29 is 26.4 Å². The molecule has 6 rings (SSSR count). The molecule has 0 saturated heterocycles. The molecule has 2 heterocycles. The van der Waals surface area contributed by atoms with Crippen molar-refractivity contribution in [1.82, 2.24) is 15.1 Å². The molecule has 224 valence electrons. The monoisotopic (exact) mass is 616 g/mol. The van der Waals surface area contributed by atoms with Crippen molar-refractivity contribution in [3.8, 4) is 22.6 Å². The first-order chi connectivity index (χ1) is 20.9. The average Bonchev–Trinajstić information content (AvgIpc) is 3.59. The van der Waals surface area contributed by atoms with Gasteiger partial charge in [-0.05, 0) is 66.1 Å². The summed E-state index contributed by atoms with van der Waals surface area (Å²) in [5.74, 6) is -1.19. The number of fused-ring (bicyclic) bond motifs is 2. The summed E-state index contributed by atoms with van der Waals surface area (Å²) >= 11 is 0. The maximum absolute atomic E-state index is 14.5. The number of hydrogen-bond donors (Lipinski definition) is 1. The van der Waals surface area contributed by atoms with Crippen LogP contribution in [0.5, 0.6) is 0 Å². The molecule has 0 atom stereocenters. The third-order valence-corrected chi connectivity index (χ3v) is 8.92. The second-order valence-corrected chi connectivity index (χ2v) is 12.5. The van der Waals surface area contributed by atoms with E-state index in [0.29, 0.717) is 34.1 Å². The van der Waals surface area contributed by atoms with Crippen molar-refractivity contribution in [1.29, 1.82) is 0 Å². The van der Waals surface area contributed by atoms with E-state index in [0.717, 1.165) is 20.8 Å². The molecule has 2 aromatic heterocycles. The van der Waals surface area contributed by atoms with Crippen LogP contribution in [0, 0.1) is 11.6 Å². The highest BCUT2D eigenvalue weighted by atomic mass is 32.2. The zero-order valence-electron chi connectivity index (χ0n) is 24.1. The fraction of sp³-hybridized carbons (Fsp3) is 0.156. The summed E-state index contributed by atoms with van der Waals surface area (Å²) in [7, 11) is 0.494. The van der Waals surface area contributed by atoms with E-state index in [1.165, 1.54) is 57.5 Å². The second kappa shape index (κ2) is 10.6. The van der Waals surface area contributed by atoms with E-state index in [2.05, 4.69) is 10.4 Å². The number of furan rings is 1. The number of hydrogen-bond acceptors (Lipinski definition) is 6. The summed E-state index contributed by atoms with van der Waals surface area (Å²) in [4.78, 5) is 26.5. The summed E-state index contributed by atoms with van der Waals surface area (Å²) in [6.07, 6.45) is 2.99. The normalized spacial score (nSPS) is 12.7. The van der Waals surface area contributed by atoms with Gasteiger partial charge in [-0.3, -0.25) is 13.9 Å². The highest BCUT2D eigenvalue weighted by Crippen LogP contribution is 2.41. The van der Waals surface area contributed by atoms with Gasteiger partial charge in [0.2, 0.25) is 10.0 Å². The number of benzene rings is 3. The van der Waals surface area contributed by atoms with Gasteiger partial charge in [-0.15, -0.1) is 0 Å². The molecule has 0 fully saturated rings. The molecule has 0 aliphatic heterocycles. The summed E-state index contributed by atoms with van der Waals surface area (Å²) in [5, 5.41) is 7.39. The van der Waals surface area contributed by atoms with E-state index in [9.17, 15) is 26.8 Å². The molecule has 1 N–H and O–H groups in total. The van der Waals surface area contributed by atoms with E-state index in [1.807, 2.05) is 0 Å². The number of nitrogens with one attached hydrogen (secondary N) is 1. The number of anilines is 1. The third-order valence-electron chi connectivity index (χ3n) is 7.73. The summed E-state index contributed by atoms with van der Waals surface area (Å²) in [6.45, 7) is 0. The van der Waals surface area contributed by atoms with E-state index in [4.69, 9.17) is 4.42 Å². The second-order valence-electron chi connectivity index (χ2n) is 10.5. The predicted molar refractivity (Wildman–Crippen MR) is 165 cm³/mol. The SMILES string of the molecule is CNC(=O)c1c(-c2ccc(F)cc2)oc2cc(N(C)S(C)(=O)=O)c(-c3cc(C4=Cc5c(F)cccc5C4)c(=O)n(C)n3)cc12. The van der Waals surface area contributed by atoms with Crippen LogP contribution in [-0.4, -0.2) is 44.5 Å². The zero-order valence-corrected chi connectivity index (χ0v) is 24.9. The van der Waals surface area contributed by atoms with Gasteiger partial charge in [-0.1, -0.05) is 12.1 Å². The van der Waals surface area contributed by atoms with Crippen LogP contribution in [0.3, 0.4) is 0 Å². The Balaban J connectivity index is 1.63. The highest BCUT2D eigenvalue weighted by Gasteiger charge is 2.28. The number of rotatable bonds is 6. The van der Waals surface area contributed by atoms with Crippen LogP contribution in [0.1, 0.15) is 27.0 Å². The molecular formula is C32H26F2N4O5S. The number of nitrogens with zero attached hydrogens (tertiary/aromatic N) is 3. The smallest absolute Gasteiger partial charge is 0.274 e. The third kappa shape index (κ3) is 4.86. The summed E-state index contributed by atoms with van der Waals surface area (Å²) in [5.41, 5.74) is 3.07. The number of carbonyl (C=O) groups excluding carboxylic acids is 1. The van der Waals surface area contributed by atoms with Gasteiger partial charge in [0.05, 0.1) is 23.2 Å². The van der Waals surface area contributed by atoms with Gasteiger partial charge in [-0.25, -0.2) is 21.9 Å². The molecule has 0 saturated carbocycles. The Kier molecular flexibility index (Phi) is 6.96. The van der Waals surface area contributed by atoms with Gasteiger partial charge in [0.15, 0.2) is 0 Å². The first kappa shape index (κ1) is 29.0. The number of sulfonamides is 1. The lowest BCUT2D eigenvalue weighted by molar-refractivity contribution is 0.0964. The lowest BCUT2D eigenvalue weighted by atomic mass is 9.99. The Bertz CT molecular complexity index is 2200. The van der Waals surface area contributed by atoms with Gasteiger partial charge in [-0.2, -0.15) is 5.10 Å². The Morgan fingerprint density at radius 3 is 2.45 bits per heavy atom. The van der Waals surface area contributed by atoms with E-state index >= 15 is 0 Å². The Morgan fingerprint density at radius 2 is 1.80 bits per heavy atom. The Hall–Kier alpha value is -5.10. The van der Waals surface area contributed by atoms with Crippen LogP contribution in [0.15, 0.2) is 69.9 Å².